The number of oxime groups is 1. The molecule has 0 spiro atoms. The van der Waals surface area contributed by atoms with Crippen LogP contribution in [0.25, 0.3) is 0 Å². The van der Waals surface area contributed by atoms with Crippen LogP contribution in [0.1, 0.15) is 25.1 Å². The highest BCUT2D eigenvalue weighted by Gasteiger charge is 2.58. The number of aromatic nitrogens is 1. The number of ether oxygens (including phenoxy) is 2. The molecule has 2 heterocycles. The number of esters is 2. The van der Waals surface area contributed by atoms with E-state index in [0.29, 0.717) is 5.56 Å². The molecule has 1 fully saturated rings. The summed E-state index contributed by atoms with van der Waals surface area (Å²) in [6.07, 6.45) is 0. The molecule has 1 aliphatic rings. The molecule has 4 N–H and O–H groups in total. The van der Waals surface area contributed by atoms with Gasteiger partial charge in [0, 0.05) is 17.5 Å². The highest BCUT2D eigenvalue weighted by Crippen LogP contribution is 2.25. The normalized spacial score (nSPS) is 17.3. The molecule has 1 saturated heterocycles. The van der Waals surface area contributed by atoms with E-state index < -0.39 is 62.4 Å². The quantitative estimate of drug-likeness (QED) is 0.0723. The van der Waals surface area contributed by atoms with E-state index in [1.54, 1.807) is 0 Å². The first kappa shape index (κ1) is 30.8. The predicted molar refractivity (Wildman–Crippen MR) is 137 cm³/mol. The molecular weight excluding hydrogens is 592 g/mol. The van der Waals surface area contributed by atoms with E-state index in [9.17, 15) is 42.3 Å². The summed E-state index contributed by atoms with van der Waals surface area (Å²) in [5.41, 5.74) is 3.32. The molecule has 2 aromatic rings. The Labute approximate surface area is 235 Å². The number of non-ortho nitro benzene ring substituents is 1. The highest BCUT2D eigenvalue weighted by atomic mass is 32.2. The predicted octanol–water partition coefficient (Wildman–Crippen LogP) is -0.452. The largest absolute Gasteiger partial charge is 0.467 e. The third kappa shape index (κ3) is 6.91. The Hall–Kier alpha value is -4.69. The molecule has 41 heavy (non-hydrogen) atoms. The summed E-state index contributed by atoms with van der Waals surface area (Å²) in [7, 11) is -4.26. The number of hydrogen-bond acceptors (Lipinski definition) is 15. The number of nitrogens with zero attached hydrogens (tertiary/aromatic N) is 4. The monoisotopic (exact) mass is 614 g/mol. The number of carbonyl (C=O) groups is 4. The van der Waals surface area contributed by atoms with Crippen LogP contribution in [0.3, 0.4) is 0 Å². The average molecular weight is 615 g/mol. The topological polar surface area (TPSA) is 260 Å². The van der Waals surface area contributed by atoms with E-state index in [0.717, 1.165) is 18.4 Å². The minimum absolute atomic E-state index is 0.00646. The van der Waals surface area contributed by atoms with Gasteiger partial charge in [-0.2, -0.15) is 12.7 Å². The lowest BCUT2D eigenvalue weighted by Gasteiger charge is -2.41. The smallest absolute Gasteiger partial charge is 0.363 e. The van der Waals surface area contributed by atoms with E-state index in [1.807, 2.05) is 0 Å². The van der Waals surface area contributed by atoms with Crippen molar-refractivity contribution in [1.29, 1.82) is 0 Å². The fourth-order valence-electron chi connectivity index (χ4n) is 3.26. The van der Waals surface area contributed by atoms with Crippen LogP contribution in [0, 0.1) is 10.1 Å². The van der Waals surface area contributed by atoms with Gasteiger partial charge in [0.05, 0.1) is 12.0 Å². The summed E-state index contributed by atoms with van der Waals surface area (Å²) in [5, 5.41) is 17.9. The van der Waals surface area contributed by atoms with E-state index >= 15 is 0 Å². The van der Waals surface area contributed by atoms with Crippen molar-refractivity contribution < 1.29 is 51.4 Å². The van der Waals surface area contributed by atoms with Gasteiger partial charge < -0.3 is 25.4 Å². The molecule has 20 heteroatoms. The number of nitrogen functional groups attached to an aromatic ring is 1. The fraction of sp³-hybridized carbons (Fsp3) is 0.333. The number of nitrogens with one attached hydrogen (secondary N) is 1. The van der Waals surface area contributed by atoms with Crippen molar-refractivity contribution in [2.75, 3.05) is 12.8 Å². The van der Waals surface area contributed by atoms with E-state index in [2.05, 4.69) is 20.2 Å². The zero-order chi connectivity index (χ0) is 30.7. The number of methoxy groups -OCH3 is 1. The van der Waals surface area contributed by atoms with E-state index in [-0.39, 0.29) is 27.4 Å². The first-order chi connectivity index (χ1) is 19.1. The number of rotatable bonds is 11. The first-order valence-corrected chi connectivity index (χ1v) is 13.4. The molecule has 0 aliphatic carbocycles. The van der Waals surface area contributed by atoms with Gasteiger partial charge in [-0.15, -0.1) is 11.3 Å². The van der Waals surface area contributed by atoms with E-state index in [1.165, 1.54) is 43.5 Å². The molecule has 2 atom stereocenters. The van der Waals surface area contributed by atoms with Gasteiger partial charge in [0.25, 0.3) is 17.5 Å². The zero-order valence-electron chi connectivity index (χ0n) is 21.4. The van der Waals surface area contributed by atoms with Crippen molar-refractivity contribution in [3.63, 3.8) is 0 Å². The van der Waals surface area contributed by atoms with Crippen molar-refractivity contribution in [3.8, 4) is 0 Å². The number of amides is 2. The summed E-state index contributed by atoms with van der Waals surface area (Å²) in [6.45, 7) is 2.24. The average Bonchev–Trinajstić information content (AvgIpc) is 3.33. The van der Waals surface area contributed by atoms with Crippen molar-refractivity contribution >= 4 is 61.9 Å². The Morgan fingerprint density at radius 2 is 1.93 bits per heavy atom. The van der Waals surface area contributed by atoms with Crippen LogP contribution >= 0.6 is 11.3 Å². The molecule has 1 aliphatic heterocycles. The standard InChI is InChI=1S/C21H22N6O12S2/c1-21(2,19(31)38-8-10-4-6-11(7-5-10)27(32)33)39-25-13(12-9-40-20(22)23-12)16(28)24-14-15(18(30)37-3)26(17(14)29)41(34,35)36/h4-7,9,14-15H,8H2,1-3H3,(H2,22,23)(H,24,28)(H,34,35,36)/t14-,15-/m0/s1. The van der Waals surface area contributed by atoms with Crippen LogP contribution < -0.4 is 11.1 Å². The van der Waals surface area contributed by atoms with Gasteiger partial charge in [0.2, 0.25) is 5.60 Å². The van der Waals surface area contributed by atoms with Crippen LogP contribution in [0.2, 0.25) is 0 Å². The summed E-state index contributed by atoms with van der Waals surface area (Å²) in [5.74, 6) is -4.73. The number of nitro benzene ring substituents is 1. The summed E-state index contributed by atoms with van der Waals surface area (Å²) < 4.78 is 41.7. The van der Waals surface area contributed by atoms with E-state index in [4.69, 9.17) is 15.3 Å². The summed E-state index contributed by atoms with van der Waals surface area (Å²) in [6, 6.07) is 1.54. The van der Waals surface area contributed by atoms with Crippen molar-refractivity contribution in [3.05, 3.63) is 51.0 Å². The lowest BCUT2D eigenvalue weighted by molar-refractivity contribution is -0.384. The van der Waals surface area contributed by atoms with Gasteiger partial charge in [-0.05, 0) is 31.5 Å². The minimum atomic E-state index is -5.16. The second kappa shape index (κ2) is 11.8. The third-order valence-electron chi connectivity index (χ3n) is 5.38. The maximum absolute atomic E-state index is 13.1. The molecule has 1 aromatic carbocycles. The highest BCUT2D eigenvalue weighted by molar-refractivity contribution is 7.84. The lowest BCUT2D eigenvalue weighted by atomic mass is 9.98. The van der Waals surface area contributed by atoms with Crippen LogP contribution in [-0.4, -0.2) is 81.4 Å². The minimum Gasteiger partial charge on any atom is -0.467 e. The molecule has 0 unspecified atom stereocenters. The Morgan fingerprint density at radius 1 is 1.29 bits per heavy atom. The number of nitrogens with two attached hydrogens (primary N) is 1. The van der Waals surface area contributed by atoms with Crippen LogP contribution in [0.4, 0.5) is 10.8 Å². The van der Waals surface area contributed by atoms with Crippen LogP contribution in [0.15, 0.2) is 34.8 Å². The van der Waals surface area contributed by atoms with Crippen LogP contribution in [-0.2, 0) is 50.4 Å². The fourth-order valence-corrected chi connectivity index (χ4v) is 4.64. The van der Waals surface area contributed by atoms with Crippen molar-refractivity contribution in [2.24, 2.45) is 5.16 Å². The summed E-state index contributed by atoms with van der Waals surface area (Å²) in [4.78, 5) is 69.5. The molecule has 3 rings (SSSR count). The van der Waals surface area contributed by atoms with Gasteiger partial charge in [0.1, 0.15) is 18.3 Å². The maximum Gasteiger partial charge on any atom is 0.363 e. The second-order valence-electron chi connectivity index (χ2n) is 8.64. The van der Waals surface area contributed by atoms with Crippen LogP contribution in [0.5, 0.6) is 0 Å². The number of anilines is 1. The number of thiazole rings is 1. The number of hydrogen-bond donors (Lipinski definition) is 3. The number of carbonyl (C=O) groups excluding carboxylic acids is 4. The second-order valence-corrected chi connectivity index (χ2v) is 10.8. The Morgan fingerprint density at radius 3 is 2.44 bits per heavy atom. The van der Waals surface area contributed by atoms with Gasteiger partial charge in [0.15, 0.2) is 16.9 Å². The molecule has 1 aromatic heterocycles. The molecule has 220 valence electrons. The lowest BCUT2D eigenvalue weighted by Crippen LogP contribution is -2.74. The van der Waals surface area contributed by atoms with Gasteiger partial charge in [-0.1, -0.05) is 5.16 Å². The Bertz CT molecular complexity index is 1520. The number of β-lactam (4-membered cyclic amide) rings is 1. The number of benzene rings is 1. The maximum atomic E-state index is 13.1. The Balaban J connectivity index is 1.78. The molecule has 0 bridgehead atoms. The SMILES string of the molecule is COC(=O)[C@@H]1[C@H](NC(=O)C(=NOC(C)(C)C(=O)OCc2ccc([N+](=O)[O-])cc2)c2csc(N)n2)C(=O)N1S(=O)(=O)O. The number of nitro groups is 1. The van der Waals surface area contributed by atoms with Crippen molar-refractivity contribution in [1.82, 2.24) is 14.6 Å². The molecule has 0 radical (unpaired) electrons. The first-order valence-electron chi connectivity index (χ1n) is 11.1. The molecule has 18 nitrogen and oxygen atoms in total. The van der Waals surface area contributed by atoms with Gasteiger partial charge in [-0.25, -0.2) is 14.6 Å². The van der Waals surface area contributed by atoms with Gasteiger partial charge >= 0.3 is 22.2 Å². The molecule has 0 saturated carbocycles. The zero-order valence-corrected chi connectivity index (χ0v) is 23.0. The Kier molecular flexibility index (Phi) is 8.89. The third-order valence-corrected chi connectivity index (χ3v) is 6.96. The molecular formula is C21H22N6O12S2. The summed E-state index contributed by atoms with van der Waals surface area (Å²) >= 11 is 0.905. The van der Waals surface area contributed by atoms with Crippen molar-refractivity contribution in [2.45, 2.75) is 38.1 Å². The van der Waals surface area contributed by atoms with Gasteiger partial charge in [-0.3, -0.25) is 24.3 Å². The molecule has 2 amide bonds.